The van der Waals surface area contributed by atoms with Crippen LogP contribution in [0.2, 0.25) is 0 Å². The number of ether oxygens (including phenoxy) is 3. The first-order valence-electron chi connectivity index (χ1n) is 9.33. The van der Waals surface area contributed by atoms with Crippen LogP contribution in [0.5, 0.6) is 17.2 Å². The van der Waals surface area contributed by atoms with Crippen molar-refractivity contribution in [3.63, 3.8) is 0 Å². The molecule has 0 aliphatic rings. The molecule has 0 aliphatic heterocycles. The molecule has 0 atom stereocenters. The highest BCUT2D eigenvalue weighted by molar-refractivity contribution is 7.07. The van der Waals surface area contributed by atoms with E-state index in [-0.39, 0.29) is 0 Å². The van der Waals surface area contributed by atoms with E-state index in [0.29, 0.717) is 6.54 Å². The van der Waals surface area contributed by atoms with Gasteiger partial charge in [0.25, 0.3) is 0 Å². The van der Waals surface area contributed by atoms with Crippen molar-refractivity contribution in [3.8, 4) is 28.5 Å². The van der Waals surface area contributed by atoms with Crippen LogP contribution in [0.1, 0.15) is 5.76 Å². The smallest absolute Gasteiger partial charge is 0.190 e. The summed E-state index contributed by atoms with van der Waals surface area (Å²) in [6.45, 7) is 0.552. The number of thiazole rings is 1. The van der Waals surface area contributed by atoms with Crippen molar-refractivity contribution in [1.82, 2.24) is 4.57 Å². The first kappa shape index (κ1) is 19.8. The van der Waals surface area contributed by atoms with E-state index in [1.165, 1.54) is 0 Å². The molecule has 2 aromatic carbocycles. The molecule has 4 aromatic rings. The second-order valence-corrected chi connectivity index (χ2v) is 7.28. The number of nitrogens with zero attached hydrogens (tertiary/aromatic N) is 2. The van der Waals surface area contributed by atoms with Gasteiger partial charge in [0.2, 0.25) is 0 Å². The predicted molar refractivity (Wildman–Crippen MR) is 117 cm³/mol. The number of benzene rings is 2. The number of rotatable bonds is 7. The molecule has 154 valence electrons. The molecule has 6 nitrogen and oxygen atoms in total. The lowest BCUT2D eigenvalue weighted by atomic mass is 10.1. The molecule has 0 radical (unpaired) electrons. The van der Waals surface area contributed by atoms with Crippen LogP contribution in [0.15, 0.2) is 75.7 Å². The quantitative estimate of drug-likeness (QED) is 0.415. The minimum Gasteiger partial charge on any atom is -0.497 e. The van der Waals surface area contributed by atoms with Crippen molar-refractivity contribution in [2.45, 2.75) is 6.54 Å². The third-order valence-corrected chi connectivity index (χ3v) is 5.54. The Morgan fingerprint density at radius 1 is 0.933 bits per heavy atom. The summed E-state index contributed by atoms with van der Waals surface area (Å²) in [5, 5.41) is 2.08. The maximum absolute atomic E-state index is 5.63. The van der Waals surface area contributed by atoms with Crippen molar-refractivity contribution >= 4 is 17.0 Å². The minimum atomic E-state index is 0.552. The molecule has 0 fully saturated rings. The van der Waals surface area contributed by atoms with Crippen LogP contribution < -0.4 is 19.0 Å². The van der Waals surface area contributed by atoms with E-state index in [4.69, 9.17) is 23.6 Å². The van der Waals surface area contributed by atoms with Crippen molar-refractivity contribution in [1.29, 1.82) is 0 Å². The zero-order valence-corrected chi connectivity index (χ0v) is 17.8. The van der Waals surface area contributed by atoms with Gasteiger partial charge in [0.15, 0.2) is 4.80 Å². The lowest BCUT2D eigenvalue weighted by Crippen LogP contribution is -2.16. The first-order chi connectivity index (χ1) is 14.7. The monoisotopic (exact) mass is 422 g/mol. The van der Waals surface area contributed by atoms with Gasteiger partial charge in [0, 0.05) is 17.0 Å². The van der Waals surface area contributed by atoms with Crippen molar-refractivity contribution < 1.29 is 18.6 Å². The topological polar surface area (TPSA) is 58.1 Å². The second-order valence-electron chi connectivity index (χ2n) is 6.45. The van der Waals surface area contributed by atoms with Gasteiger partial charge in [0.05, 0.1) is 45.5 Å². The largest absolute Gasteiger partial charge is 0.497 e. The lowest BCUT2D eigenvalue weighted by molar-refractivity contribution is 0.395. The summed E-state index contributed by atoms with van der Waals surface area (Å²) in [5.74, 6) is 3.12. The summed E-state index contributed by atoms with van der Waals surface area (Å²) >= 11 is 1.56. The highest BCUT2D eigenvalue weighted by Crippen LogP contribution is 2.34. The fraction of sp³-hybridized carbons (Fsp3) is 0.174. The number of hydrogen-bond acceptors (Lipinski definition) is 6. The lowest BCUT2D eigenvalue weighted by Gasteiger charge is -2.13. The average Bonchev–Trinajstić information content (AvgIpc) is 3.44. The molecule has 0 saturated carbocycles. The number of aromatic nitrogens is 1. The Balaban J connectivity index is 1.84. The molecule has 0 N–H and O–H groups in total. The van der Waals surface area contributed by atoms with Gasteiger partial charge in [0.1, 0.15) is 23.0 Å². The molecule has 0 bridgehead atoms. The van der Waals surface area contributed by atoms with Crippen molar-refractivity contribution in [2.24, 2.45) is 4.99 Å². The fourth-order valence-electron chi connectivity index (χ4n) is 3.12. The fourth-order valence-corrected chi connectivity index (χ4v) is 4.04. The average molecular weight is 423 g/mol. The van der Waals surface area contributed by atoms with E-state index in [1.807, 2.05) is 54.6 Å². The Hall–Kier alpha value is -3.45. The first-order valence-corrected chi connectivity index (χ1v) is 10.2. The van der Waals surface area contributed by atoms with Gasteiger partial charge < -0.3 is 23.2 Å². The van der Waals surface area contributed by atoms with Crippen LogP contribution in [0.25, 0.3) is 11.3 Å². The number of hydrogen-bond donors (Lipinski definition) is 0. The highest BCUT2D eigenvalue weighted by atomic mass is 32.1. The molecular weight excluding hydrogens is 400 g/mol. The molecule has 2 aromatic heterocycles. The van der Waals surface area contributed by atoms with Crippen LogP contribution in [-0.2, 0) is 6.54 Å². The van der Waals surface area contributed by atoms with Crippen molar-refractivity contribution in [3.05, 3.63) is 76.8 Å². The van der Waals surface area contributed by atoms with Gasteiger partial charge in [-0.3, -0.25) is 0 Å². The van der Waals surface area contributed by atoms with E-state index in [1.54, 1.807) is 38.9 Å². The molecule has 0 aliphatic carbocycles. The van der Waals surface area contributed by atoms with E-state index in [2.05, 4.69) is 9.95 Å². The molecule has 0 spiro atoms. The molecule has 0 amide bonds. The van der Waals surface area contributed by atoms with E-state index in [9.17, 15) is 0 Å². The maximum Gasteiger partial charge on any atom is 0.190 e. The van der Waals surface area contributed by atoms with E-state index >= 15 is 0 Å². The van der Waals surface area contributed by atoms with Gasteiger partial charge >= 0.3 is 0 Å². The Labute approximate surface area is 178 Å². The summed E-state index contributed by atoms with van der Waals surface area (Å²) in [5.41, 5.74) is 2.79. The summed E-state index contributed by atoms with van der Waals surface area (Å²) in [6.07, 6.45) is 1.68. The molecular formula is C23H22N2O4S. The van der Waals surface area contributed by atoms with Crippen LogP contribution in [0, 0.1) is 0 Å². The molecule has 7 heteroatoms. The van der Waals surface area contributed by atoms with Gasteiger partial charge in [-0.15, -0.1) is 11.3 Å². The standard InChI is InChI=1S/C23H22N2O4S/c1-26-17-8-6-16(7-9-17)24-23-25(14-19-5-4-12-29-19)21(15-30-23)20-11-10-18(27-2)13-22(20)28-3/h4-13,15H,14H2,1-3H3. The number of furan rings is 1. The molecule has 0 saturated heterocycles. The normalized spacial score (nSPS) is 11.5. The Kier molecular flexibility index (Phi) is 5.90. The maximum atomic E-state index is 5.63. The van der Waals surface area contributed by atoms with Gasteiger partial charge in [-0.1, -0.05) is 0 Å². The molecule has 4 rings (SSSR count). The van der Waals surface area contributed by atoms with Gasteiger partial charge in [-0.25, -0.2) is 4.99 Å². The zero-order valence-electron chi connectivity index (χ0n) is 17.0. The third-order valence-electron chi connectivity index (χ3n) is 4.67. The Morgan fingerprint density at radius 2 is 1.70 bits per heavy atom. The second kappa shape index (κ2) is 8.92. The predicted octanol–water partition coefficient (Wildman–Crippen LogP) is 5.12. The molecule has 2 heterocycles. The van der Waals surface area contributed by atoms with Crippen LogP contribution in [0.3, 0.4) is 0 Å². The zero-order chi connectivity index (χ0) is 20.9. The summed E-state index contributed by atoms with van der Waals surface area (Å²) in [7, 11) is 4.95. The van der Waals surface area contributed by atoms with Gasteiger partial charge in [-0.05, 0) is 48.5 Å². The van der Waals surface area contributed by atoms with E-state index in [0.717, 1.165) is 44.8 Å². The molecule has 0 unspecified atom stereocenters. The summed E-state index contributed by atoms with van der Waals surface area (Å²) < 4.78 is 23.9. The number of methoxy groups -OCH3 is 3. The SMILES string of the molecule is COc1ccc(N=c2scc(-c3ccc(OC)cc3OC)n2Cc2ccco2)cc1. The van der Waals surface area contributed by atoms with Crippen molar-refractivity contribution in [2.75, 3.05) is 21.3 Å². The Bertz CT molecular complexity index is 1170. The third kappa shape index (κ3) is 4.11. The highest BCUT2D eigenvalue weighted by Gasteiger charge is 2.15. The summed E-state index contributed by atoms with van der Waals surface area (Å²) in [6, 6.07) is 17.3. The van der Waals surface area contributed by atoms with E-state index < -0.39 is 0 Å². The van der Waals surface area contributed by atoms with Crippen LogP contribution in [-0.4, -0.2) is 25.9 Å². The van der Waals surface area contributed by atoms with Gasteiger partial charge in [-0.2, -0.15) is 0 Å². The van der Waals surface area contributed by atoms with Crippen LogP contribution in [0.4, 0.5) is 5.69 Å². The summed E-state index contributed by atoms with van der Waals surface area (Å²) in [4.78, 5) is 5.70. The minimum absolute atomic E-state index is 0.552. The molecule has 30 heavy (non-hydrogen) atoms. The van der Waals surface area contributed by atoms with Crippen LogP contribution >= 0.6 is 11.3 Å². The Morgan fingerprint density at radius 3 is 2.37 bits per heavy atom.